The van der Waals surface area contributed by atoms with Gasteiger partial charge in [-0.2, -0.15) is 12.6 Å². The van der Waals surface area contributed by atoms with Crippen LogP contribution in [0.4, 0.5) is 5.82 Å². The van der Waals surface area contributed by atoms with Crippen LogP contribution in [0.5, 0.6) is 0 Å². The zero-order valence-corrected chi connectivity index (χ0v) is 11.0. The molecule has 19 heavy (non-hydrogen) atoms. The van der Waals surface area contributed by atoms with Crippen molar-refractivity contribution in [1.29, 1.82) is 0 Å². The maximum absolute atomic E-state index is 11.9. The number of fused-ring (bicyclic) bond motifs is 1. The number of rotatable bonds is 3. The number of anilines is 1. The number of imidazole rings is 1. The molecule has 1 aliphatic heterocycles. The van der Waals surface area contributed by atoms with Gasteiger partial charge in [-0.3, -0.25) is 9.69 Å². The number of nitrogens with zero attached hydrogens (tertiary/aromatic N) is 5. The molecule has 2 aromatic rings. The lowest BCUT2D eigenvalue weighted by Gasteiger charge is -2.14. The van der Waals surface area contributed by atoms with Crippen molar-refractivity contribution in [2.24, 2.45) is 0 Å². The van der Waals surface area contributed by atoms with Gasteiger partial charge in [-0.1, -0.05) is 0 Å². The van der Waals surface area contributed by atoms with Gasteiger partial charge in [0.05, 0.1) is 12.9 Å². The van der Waals surface area contributed by atoms with Crippen LogP contribution in [0, 0.1) is 0 Å². The van der Waals surface area contributed by atoms with Crippen LogP contribution >= 0.6 is 12.6 Å². The number of carbonyl (C=O) groups excluding carboxylic acids is 1. The Morgan fingerprint density at radius 1 is 1.42 bits per heavy atom. The van der Waals surface area contributed by atoms with E-state index in [-0.39, 0.29) is 17.8 Å². The molecule has 3 heterocycles. The normalized spacial score (nSPS) is 19.6. The van der Waals surface area contributed by atoms with Gasteiger partial charge in [0.25, 0.3) is 0 Å². The van der Waals surface area contributed by atoms with Crippen molar-refractivity contribution >= 4 is 35.5 Å². The Kier molecular flexibility index (Phi) is 3.11. The van der Waals surface area contributed by atoms with E-state index >= 15 is 0 Å². The number of carbonyl (C=O) groups is 1. The first-order valence-corrected chi connectivity index (χ1v) is 6.47. The summed E-state index contributed by atoms with van der Waals surface area (Å²) in [6.07, 6.45) is 3.41. The molecule has 2 aromatic heterocycles. The summed E-state index contributed by atoms with van der Waals surface area (Å²) < 4.78 is 1.74. The Morgan fingerprint density at radius 2 is 2.26 bits per heavy atom. The molecule has 1 saturated heterocycles. The van der Waals surface area contributed by atoms with E-state index in [1.807, 2.05) is 0 Å². The number of aromatic nitrogens is 4. The standard InChI is InChI=1S/C11H13N5O2S/c17-2-1-15-6-14-9-10(15)12-5-13-11(9)16-4-7(19)3-8(16)18/h5-7,17,19H,1-4H2. The Morgan fingerprint density at radius 3 is 2.95 bits per heavy atom. The second-order valence-electron chi connectivity index (χ2n) is 4.39. The molecule has 1 amide bonds. The Balaban J connectivity index is 2.07. The maximum atomic E-state index is 11.9. The van der Waals surface area contributed by atoms with Crippen molar-refractivity contribution in [2.45, 2.75) is 18.2 Å². The first-order chi connectivity index (χ1) is 9.20. The Bertz CT molecular complexity index is 629. The number of hydrogen-bond acceptors (Lipinski definition) is 6. The summed E-state index contributed by atoms with van der Waals surface area (Å²) >= 11 is 4.33. The third-order valence-corrected chi connectivity index (χ3v) is 3.43. The summed E-state index contributed by atoms with van der Waals surface area (Å²) in [6.45, 7) is 0.948. The molecule has 0 radical (unpaired) electrons. The molecule has 0 bridgehead atoms. The summed E-state index contributed by atoms with van der Waals surface area (Å²) in [5, 5.41) is 9.01. The minimum atomic E-state index is -0.00305. The molecule has 1 N–H and O–H groups in total. The van der Waals surface area contributed by atoms with Gasteiger partial charge in [-0.15, -0.1) is 0 Å². The summed E-state index contributed by atoms with van der Waals surface area (Å²) in [5.41, 5.74) is 1.20. The largest absolute Gasteiger partial charge is 0.395 e. The fraction of sp³-hybridized carbons (Fsp3) is 0.455. The van der Waals surface area contributed by atoms with Gasteiger partial charge >= 0.3 is 0 Å². The predicted molar refractivity (Wildman–Crippen MR) is 72.2 cm³/mol. The van der Waals surface area contributed by atoms with E-state index in [0.29, 0.717) is 36.5 Å². The number of aliphatic hydroxyl groups excluding tert-OH is 1. The van der Waals surface area contributed by atoms with E-state index in [9.17, 15) is 4.79 Å². The quantitative estimate of drug-likeness (QED) is 0.764. The molecular formula is C11H13N5O2S. The summed E-state index contributed by atoms with van der Waals surface area (Å²) in [6, 6.07) is 0. The molecule has 3 rings (SSSR count). The lowest BCUT2D eigenvalue weighted by atomic mass is 10.4. The van der Waals surface area contributed by atoms with Crippen LogP contribution in [0.3, 0.4) is 0 Å². The fourth-order valence-electron chi connectivity index (χ4n) is 2.23. The van der Waals surface area contributed by atoms with Crippen molar-refractivity contribution in [2.75, 3.05) is 18.1 Å². The van der Waals surface area contributed by atoms with E-state index in [1.165, 1.54) is 6.33 Å². The monoisotopic (exact) mass is 279 g/mol. The molecule has 1 unspecified atom stereocenters. The molecule has 7 nitrogen and oxygen atoms in total. The minimum absolute atomic E-state index is 0.00305. The van der Waals surface area contributed by atoms with E-state index in [4.69, 9.17) is 5.11 Å². The molecule has 0 spiro atoms. The zero-order valence-electron chi connectivity index (χ0n) is 10.1. The highest BCUT2D eigenvalue weighted by Gasteiger charge is 2.31. The van der Waals surface area contributed by atoms with E-state index in [0.717, 1.165) is 0 Å². The lowest BCUT2D eigenvalue weighted by molar-refractivity contribution is -0.117. The average molecular weight is 279 g/mol. The SMILES string of the molecule is O=C1CC(S)CN1c1ncnc2c1ncn2CCO. The van der Waals surface area contributed by atoms with Crippen LogP contribution in [0.15, 0.2) is 12.7 Å². The highest BCUT2D eigenvalue weighted by atomic mass is 32.1. The van der Waals surface area contributed by atoms with Gasteiger partial charge < -0.3 is 9.67 Å². The highest BCUT2D eigenvalue weighted by Crippen LogP contribution is 2.27. The average Bonchev–Trinajstić information content (AvgIpc) is 2.94. The first-order valence-electron chi connectivity index (χ1n) is 5.96. The second-order valence-corrected chi connectivity index (χ2v) is 5.12. The molecule has 1 fully saturated rings. The van der Waals surface area contributed by atoms with Crippen molar-refractivity contribution in [1.82, 2.24) is 19.5 Å². The molecule has 100 valence electrons. The molecule has 0 aromatic carbocycles. The number of amides is 1. The number of thiol groups is 1. The van der Waals surface area contributed by atoms with Crippen molar-refractivity contribution < 1.29 is 9.90 Å². The minimum Gasteiger partial charge on any atom is -0.395 e. The third-order valence-electron chi connectivity index (χ3n) is 3.08. The first kappa shape index (κ1) is 12.4. The van der Waals surface area contributed by atoms with Crippen LogP contribution in [-0.2, 0) is 11.3 Å². The Hall–Kier alpha value is -1.67. The summed E-state index contributed by atoms with van der Waals surface area (Å²) in [4.78, 5) is 26.1. The molecule has 0 aliphatic carbocycles. The van der Waals surface area contributed by atoms with Crippen molar-refractivity contribution in [3.8, 4) is 0 Å². The molecule has 1 atom stereocenters. The summed E-state index contributed by atoms with van der Waals surface area (Å²) in [5.74, 6) is 0.514. The molecule has 1 aliphatic rings. The summed E-state index contributed by atoms with van der Waals surface area (Å²) in [7, 11) is 0. The number of hydrogen-bond donors (Lipinski definition) is 2. The topological polar surface area (TPSA) is 84.1 Å². The smallest absolute Gasteiger partial charge is 0.229 e. The van der Waals surface area contributed by atoms with Crippen molar-refractivity contribution in [3.05, 3.63) is 12.7 Å². The van der Waals surface area contributed by atoms with Crippen LogP contribution in [0.25, 0.3) is 11.2 Å². The van der Waals surface area contributed by atoms with Gasteiger partial charge in [0, 0.05) is 24.8 Å². The van der Waals surface area contributed by atoms with Gasteiger partial charge in [-0.25, -0.2) is 15.0 Å². The predicted octanol–water partition coefficient (Wildman–Crippen LogP) is -0.146. The fourth-order valence-corrected chi connectivity index (χ4v) is 2.55. The highest BCUT2D eigenvalue weighted by molar-refractivity contribution is 7.81. The van der Waals surface area contributed by atoms with E-state index in [2.05, 4.69) is 27.6 Å². The third kappa shape index (κ3) is 2.06. The van der Waals surface area contributed by atoms with Crippen molar-refractivity contribution in [3.63, 3.8) is 0 Å². The molecule has 8 heteroatoms. The van der Waals surface area contributed by atoms with Crippen LogP contribution < -0.4 is 4.90 Å². The maximum Gasteiger partial charge on any atom is 0.229 e. The van der Waals surface area contributed by atoms with Gasteiger partial charge in [0.2, 0.25) is 5.91 Å². The van der Waals surface area contributed by atoms with Crippen LogP contribution in [0.1, 0.15) is 6.42 Å². The van der Waals surface area contributed by atoms with Crippen LogP contribution in [0.2, 0.25) is 0 Å². The van der Waals surface area contributed by atoms with Crippen LogP contribution in [-0.4, -0.2) is 48.9 Å². The Labute approximate surface area is 114 Å². The van der Waals surface area contributed by atoms with Gasteiger partial charge in [0.1, 0.15) is 6.33 Å². The van der Waals surface area contributed by atoms with E-state index in [1.54, 1.807) is 15.8 Å². The van der Waals surface area contributed by atoms with E-state index < -0.39 is 0 Å². The lowest BCUT2D eigenvalue weighted by Crippen LogP contribution is -2.26. The molecule has 0 saturated carbocycles. The van der Waals surface area contributed by atoms with Gasteiger partial charge in [0.15, 0.2) is 17.0 Å². The second kappa shape index (κ2) is 4.78. The zero-order chi connectivity index (χ0) is 13.4. The van der Waals surface area contributed by atoms with Gasteiger partial charge in [-0.05, 0) is 0 Å². The molecular weight excluding hydrogens is 266 g/mol. The number of aliphatic hydroxyl groups is 1.